The molecule has 3 unspecified atom stereocenters. The van der Waals surface area contributed by atoms with E-state index in [9.17, 15) is 0 Å². The molecule has 0 saturated heterocycles. The monoisotopic (exact) mass is 250 g/mol. The number of hydrogen-bond donors (Lipinski definition) is 1. The zero-order chi connectivity index (χ0) is 12.5. The van der Waals surface area contributed by atoms with Crippen LogP contribution in [0.5, 0.6) is 12.0 Å². The quantitative estimate of drug-likeness (QED) is 0.873. The number of hydrogen-bond acceptors (Lipinski definition) is 6. The van der Waals surface area contributed by atoms with Crippen molar-refractivity contribution >= 4 is 5.95 Å². The summed E-state index contributed by atoms with van der Waals surface area (Å²) in [5, 5.41) is 3.40. The minimum absolute atomic E-state index is 0.285. The van der Waals surface area contributed by atoms with Crippen molar-refractivity contribution in [3.05, 3.63) is 0 Å². The maximum atomic E-state index is 5.04. The molecule has 2 aliphatic rings. The van der Waals surface area contributed by atoms with E-state index in [1.165, 1.54) is 39.9 Å². The van der Waals surface area contributed by atoms with E-state index in [1.54, 1.807) is 0 Å². The van der Waals surface area contributed by atoms with Gasteiger partial charge in [-0.3, -0.25) is 0 Å². The highest BCUT2D eigenvalue weighted by Gasteiger charge is 2.39. The molecule has 1 N–H and O–H groups in total. The van der Waals surface area contributed by atoms with Crippen LogP contribution >= 0.6 is 0 Å². The third-order valence-corrected chi connectivity index (χ3v) is 4.01. The number of ether oxygens (including phenoxy) is 2. The van der Waals surface area contributed by atoms with E-state index in [1.807, 2.05) is 0 Å². The van der Waals surface area contributed by atoms with Crippen molar-refractivity contribution in [3.8, 4) is 12.0 Å². The van der Waals surface area contributed by atoms with Gasteiger partial charge in [0, 0.05) is 6.04 Å². The Labute approximate surface area is 106 Å². The summed E-state index contributed by atoms with van der Waals surface area (Å²) in [7, 11) is 3.08. The van der Waals surface area contributed by atoms with Crippen molar-refractivity contribution in [3.63, 3.8) is 0 Å². The van der Waals surface area contributed by atoms with Crippen molar-refractivity contribution in [1.82, 2.24) is 15.0 Å². The number of rotatable bonds is 4. The van der Waals surface area contributed by atoms with Gasteiger partial charge in [-0.1, -0.05) is 6.42 Å². The Morgan fingerprint density at radius 3 is 2.22 bits per heavy atom. The Balaban J connectivity index is 1.75. The summed E-state index contributed by atoms with van der Waals surface area (Å²) < 4.78 is 10.1. The van der Waals surface area contributed by atoms with E-state index in [-0.39, 0.29) is 12.0 Å². The molecule has 1 aromatic heterocycles. The topological polar surface area (TPSA) is 69.2 Å². The molecule has 18 heavy (non-hydrogen) atoms. The molecule has 1 aromatic rings. The van der Waals surface area contributed by atoms with Gasteiger partial charge in [-0.15, -0.1) is 4.98 Å². The molecule has 0 spiro atoms. The van der Waals surface area contributed by atoms with Crippen LogP contribution in [0.1, 0.15) is 25.7 Å². The van der Waals surface area contributed by atoms with Crippen LogP contribution in [-0.4, -0.2) is 35.2 Å². The average molecular weight is 250 g/mol. The van der Waals surface area contributed by atoms with Gasteiger partial charge in [-0.2, -0.15) is 9.97 Å². The van der Waals surface area contributed by atoms with Crippen LogP contribution in [0.3, 0.4) is 0 Å². The van der Waals surface area contributed by atoms with Gasteiger partial charge in [0.1, 0.15) is 0 Å². The summed E-state index contributed by atoms with van der Waals surface area (Å²) in [6, 6.07) is 1.06. The summed E-state index contributed by atoms with van der Waals surface area (Å²) in [6.45, 7) is 0. The molecule has 6 nitrogen and oxygen atoms in total. The fourth-order valence-electron chi connectivity index (χ4n) is 3.17. The Morgan fingerprint density at radius 2 is 1.72 bits per heavy atom. The summed E-state index contributed by atoms with van der Waals surface area (Å²) in [6.07, 6.45) is 5.27. The van der Waals surface area contributed by atoms with Gasteiger partial charge in [-0.05, 0) is 31.1 Å². The maximum absolute atomic E-state index is 5.04. The second-order valence-electron chi connectivity index (χ2n) is 5.06. The molecule has 98 valence electrons. The SMILES string of the molecule is COc1nc(NC2CC3CCC2C3)nc(OC)n1. The van der Waals surface area contributed by atoms with Crippen LogP contribution in [0.2, 0.25) is 0 Å². The van der Waals surface area contributed by atoms with Crippen LogP contribution in [0.4, 0.5) is 5.95 Å². The molecule has 0 aromatic carbocycles. The lowest BCUT2D eigenvalue weighted by Gasteiger charge is -2.22. The number of nitrogens with zero attached hydrogens (tertiary/aromatic N) is 3. The normalized spacial score (nSPS) is 29.3. The van der Waals surface area contributed by atoms with Gasteiger partial charge in [0.05, 0.1) is 14.2 Å². The van der Waals surface area contributed by atoms with E-state index in [0.29, 0.717) is 12.0 Å². The van der Waals surface area contributed by atoms with Crippen LogP contribution in [0.25, 0.3) is 0 Å². The maximum Gasteiger partial charge on any atom is 0.324 e. The molecular weight excluding hydrogens is 232 g/mol. The van der Waals surface area contributed by atoms with Gasteiger partial charge in [0.2, 0.25) is 5.95 Å². The number of nitrogens with one attached hydrogen (secondary N) is 1. The highest BCUT2D eigenvalue weighted by molar-refractivity contribution is 5.30. The highest BCUT2D eigenvalue weighted by atomic mass is 16.5. The standard InChI is InChI=1S/C12H18N4O2/c1-17-11-14-10(15-12(16-11)18-2)13-9-6-7-3-4-8(9)5-7/h7-9H,3-6H2,1-2H3,(H,13,14,15,16). The first-order chi connectivity index (χ1) is 8.78. The van der Waals surface area contributed by atoms with Gasteiger partial charge in [-0.25, -0.2) is 0 Å². The van der Waals surface area contributed by atoms with E-state index < -0.39 is 0 Å². The van der Waals surface area contributed by atoms with Crippen molar-refractivity contribution in [2.45, 2.75) is 31.7 Å². The second-order valence-corrected chi connectivity index (χ2v) is 5.06. The minimum atomic E-state index is 0.285. The molecule has 0 amide bonds. The van der Waals surface area contributed by atoms with Gasteiger partial charge in [0.15, 0.2) is 0 Å². The number of anilines is 1. The molecule has 2 aliphatic carbocycles. The van der Waals surface area contributed by atoms with Gasteiger partial charge >= 0.3 is 12.0 Å². The lowest BCUT2D eigenvalue weighted by Crippen LogP contribution is -2.27. The van der Waals surface area contributed by atoms with E-state index >= 15 is 0 Å². The Bertz CT molecular complexity index is 418. The molecule has 0 radical (unpaired) electrons. The first-order valence-electron chi connectivity index (χ1n) is 6.39. The van der Waals surface area contributed by atoms with Crippen molar-refractivity contribution in [2.75, 3.05) is 19.5 Å². The molecule has 3 rings (SSSR count). The van der Waals surface area contributed by atoms with Gasteiger partial charge < -0.3 is 14.8 Å². The minimum Gasteiger partial charge on any atom is -0.467 e. The molecule has 3 atom stereocenters. The smallest absolute Gasteiger partial charge is 0.324 e. The lowest BCUT2D eigenvalue weighted by molar-refractivity contribution is 0.340. The predicted octanol–water partition coefficient (Wildman–Crippen LogP) is 1.49. The first-order valence-corrected chi connectivity index (χ1v) is 6.39. The Kier molecular flexibility index (Phi) is 2.93. The molecule has 2 saturated carbocycles. The van der Waals surface area contributed by atoms with Crippen LogP contribution in [0, 0.1) is 11.8 Å². The third-order valence-electron chi connectivity index (χ3n) is 4.01. The zero-order valence-corrected chi connectivity index (χ0v) is 10.7. The highest BCUT2D eigenvalue weighted by Crippen LogP contribution is 2.45. The molecule has 0 aliphatic heterocycles. The average Bonchev–Trinajstić information content (AvgIpc) is 3.00. The second kappa shape index (κ2) is 4.59. The van der Waals surface area contributed by atoms with Crippen LogP contribution in [0.15, 0.2) is 0 Å². The fraction of sp³-hybridized carbons (Fsp3) is 0.750. The first kappa shape index (κ1) is 11.5. The summed E-state index contributed by atoms with van der Waals surface area (Å²) in [5.41, 5.74) is 0. The molecule has 2 fully saturated rings. The van der Waals surface area contributed by atoms with Gasteiger partial charge in [0.25, 0.3) is 0 Å². The summed E-state index contributed by atoms with van der Waals surface area (Å²) in [4.78, 5) is 12.4. The van der Waals surface area contributed by atoms with Crippen molar-refractivity contribution < 1.29 is 9.47 Å². The largest absolute Gasteiger partial charge is 0.467 e. The Morgan fingerprint density at radius 1 is 1.00 bits per heavy atom. The molecular formula is C12H18N4O2. The molecule has 6 heteroatoms. The lowest BCUT2D eigenvalue weighted by atomic mass is 9.95. The van der Waals surface area contributed by atoms with Crippen molar-refractivity contribution in [1.29, 1.82) is 0 Å². The summed E-state index contributed by atoms with van der Waals surface area (Å²) in [5.74, 6) is 2.21. The third kappa shape index (κ3) is 2.07. The zero-order valence-electron chi connectivity index (χ0n) is 10.7. The predicted molar refractivity (Wildman–Crippen MR) is 65.8 cm³/mol. The summed E-state index contributed by atoms with van der Waals surface area (Å²) >= 11 is 0. The Hall–Kier alpha value is -1.59. The number of fused-ring (bicyclic) bond motifs is 2. The van der Waals surface area contributed by atoms with E-state index in [0.717, 1.165) is 11.8 Å². The van der Waals surface area contributed by atoms with Crippen LogP contribution < -0.4 is 14.8 Å². The van der Waals surface area contributed by atoms with E-state index in [2.05, 4.69) is 20.3 Å². The van der Waals surface area contributed by atoms with Crippen molar-refractivity contribution in [2.24, 2.45) is 11.8 Å². The molecule has 2 bridgehead atoms. The van der Waals surface area contributed by atoms with E-state index in [4.69, 9.17) is 9.47 Å². The number of methoxy groups -OCH3 is 2. The van der Waals surface area contributed by atoms with Crippen LogP contribution in [-0.2, 0) is 0 Å². The molecule has 1 heterocycles. The fourth-order valence-corrected chi connectivity index (χ4v) is 3.17. The number of aromatic nitrogens is 3.